The summed E-state index contributed by atoms with van der Waals surface area (Å²) in [5.74, 6) is 1.13. The van der Waals surface area contributed by atoms with Gasteiger partial charge in [-0.3, -0.25) is 9.80 Å². The van der Waals surface area contributed by atoms with Crippen LogP contribution < -0.4 is 14.8 Å². The Hall–Kier alpha value is -3.48. The lowest BCUT2D eigenvalue weighted by molar-refractivity contribution is -0.122. The first kappa shape index (κ1) is 19.8. The smallest absolute Gasteiger partial charge is 0.248 e. The number of hydrogen-bond acceptors (Lipinski definition) is 5. The summed E-state index contributed by atoms with van der Waals surface area (Å²) in [6.45, 7) is 0.753. The molecule has 1 unspecified atom stereocenters. The Morgan fingerprint density at radius 3 is 2.83 bits per heavy atom. The van der Waals surface area contributed by atoms with Crippen molar-refractivity contribution < 1.29 is 14.3 Å². The summed E-state index contributed by atoms with van der Waals surface area (Å²) in [6.07, 6.45) is 6.57. The van der Waals surface area contributed by atoms with Crippen molar-refractivity contribution >= 4 is 28.7 Å². The zero-order chi connectivity index (χ0) is 20.9. The zero-order valence-corrected chi connectivity index (χ0v) is 17.2. The van der Waals surface area contributed by atoms with Crippen molar-refractivity contribution in [2.75, 3.05) is 26.1 Å². The van der Waals surface area contributed by atoms with Crippen LogP contribution in [-0.2, 0) is 4.79 Å². The van der Waals surface area contributed by atoms with Gasteiger partial charge in [0.15, 0.2) is 11.5 Å². The molecule has 2 N–H and O–H groups in total. The fraction of sp³-hybridized carbons (Fsp3) is 0.304. The number of H-pyrrole nitrogens is 1. The molecule has 1 aliphatic rings. The van der Waals surface area contributed by atoms with Crippen molar-refractivity contribution in [3.05, 3.63) is 54.2 Å². The number of nitrogens with one attached hydrogen (secondary N) is 2. The van der Waals surface area contributed by atoms with Gasteiger partial charge < -0.3 is 19.8 Å². The van der Waals surface area contributed by atoms with Crippen LogP contribution in [-0.4, -0.2) is 48.9 Å². The lowest BCUT2D eigenvalue weighted by Crippen LogP contribution is -2.44. The predicted octanol–water partition coefficient (Wildman–Crippen LogP) is 4.01. The summed E-state index contributed by atoms with van der Waals surface area (Å²) in [5.41, 5.74) is 2.75. The van der Waals surface area contributed by atoms with Gasteiger partial charge >= 0.3 is 0 Å². The van der Waals surface area contributed by atoms with Crippen molar-refractivity contribution in [3.63, 3.8) is 0 Å². The van der Waals surface area contributed by atoms with Crippen LogP contribution in [0, 0.1) is 0 Å². The average Bonchev–Trinajstić information content (AvgIpc) is 3.21. The maximum absolute atomic E-state index is 13.0. The van der Waals surface area contributed by atoms with E-state index in [1.807, 2.05) is 41.7 Å². The molecule has 30 heavy (non-hydrogen) atoms. The molecule has 0 bridgehead atoms. The highest BCUT2D eigenvalue weighted by molar-refractivity contribution is 5.99. The number of fused-ring (bicyclic) bond motifs is 1. The van der Waals surface area contributed by atoms with Crippen molar-refractivity contribution in [1.82, 2.24) is 9.99 Å². The Balaban J connectivity index is 1.50. The number of carbonyl (C=O) groups is 1. The Labute approximate surface area is 175 Å². The van der Waals surface area contributed by atoms with E-state index in [4.69, 9.17) is 9.47 Å². The molecule has 1 fully saturated rings. The SMILES string of the molecule is COc1ccc(NC(=O)C2CCCCN2/N=C/c2c[nH]c3ccccc23)cc1OC. The number of amides is 1. The number of aromatic amines is 1. The van der Waals surface area contributed by atoms with Crippen LogP contribution in [0.15, 0.2) is 53.8 Å². The molecule has 1 aliphatic heterocycles. The highest BCUT2D eigenvalue weighted by Crippen LogP contribution is 2.30. The van der Waals surface area contributed by atoms with E-state index in [0.717, 1.165) is 42.3 Å². The molecule has 0 saturated carbocycles. The Morgan fingerprint density at radius 2 is 2.00 bits per heavy atom. The summed E-state index contributed by atoms with van der Waals surface area (Å²) in [4.78, 5) is 16.3. The number of methoxy groups -OCH3 is 2. The van der Waals surface area contributed by atoms with E-state index in [0.29, 0.717) is 17.2 Å². The van der Waals surface area contributed by atoms with Crippen molar-refractivity contribution in [3.8, 4) is 11.5 Å². The number of nitrogens with zero attached hydrogens (tertiary/aromatic N) is 2. The van der Waals surface area contributed by atoms with Gasteiger partial charge in [-0.1, -0.05) is 18.2 Å². The maximum atomic E-state index is 13.0. The van der Waals surface area contributed by atoms with Crippen molar-refractivity contribution in [2.24, 2.45) is 5.10 Å². The van der Waals surface area contributed by atoms with Crippen LogP contribution in [0.5, 0.6) is 11.5 Å². The number of hydrogen-bond donors (Lipinski definition) is 2. The van der Waals surface area contributed by atoms with Crippen LogP contribution in [0.25, 0.3) is 10.9 Å². The number of rotatable bonds is 6. The number of benzene rings is 2. The Kier molecular flexibility index (Phi) is 5.88. The number of ether oxygens (including phenoxy) is 2. The zero-order valence-electron chi connectivity index (χ0n) is 17.2. The fourth-order valence-corrected chi connectivity index (χ4v) is 3.80. The molecule has 7 nitrogen and oxygen atoms in total. The lowest BCUT2D eigenvalue weighted by atomic mass is 10.0. The molecule has 0 radical (unpaired) electrons. The first-order valence-corrected chi connectivity index (χ1v) is 10.1. The highest BCUT2D eigenvalue weighted by Gasteiger charge is 2.28. The minimum absolute atomic E-state index is 0.0713. The van der Waals surface area contributed by atoms with Gasteiger partial charge in [0.1, 0.15) is 6.04 Å². The molecule has 2 aromatic carbocycles. The van der Waals surface area contributed by atoms with Crippen LogP contribution in [0.4, 0.5) is 5.69 Å². The number of para-hydroxylation sites is 1. The molecule has 2 heterocycles. The molecule has 1 saturated heterocycles. The maximum Gasteiger partial charge on any atom is 0.248 e. The monoisotopic (exact) mass is 406 g/mol. The van der Waals surface area contributed by atoms with E-state index in [1.165, 1.54) is 0 Å². The third kappa shape index (κ3) is 4.10. The Morgan fingerprint density at radius 1 is 1.17 bits per heavy atom. The van der Waals surface area contributed by atoms with E-state index in [-0.39, 0.29) is 11.9 Å². The molecular weight excluding hydrogens is 380 g/mol. The quantitative estimate of drug-likeness (QED) is 0.606. The van der Waals surface area contributed by atoms with E-state index in [9.17, 15) is 4.79 Å². The number of anilines is 1. The van der Waals surface area contributed by atoms with E-state index in [2.05, 4.69) is 21.5 Å². The number of aromatic nitrogens is 1. The second-order valence-corrected chi connectivity index (χ2v) is 7.27. The number of hydrazone groups is 1. The third-order valence-electron chi connectivity index (χ3n) is 5.39. The van der Waals surface area contributed by atoms with Gasteiger partial charge in [-0.25, -0.2) is 0 Å². The summed E-state index contributed by atoms with van der Waals surface area (Å²) < 4.78 is 10.6. The van der Waals surface area contributed by atoms with Gasteiger partial charge in [0.25, 0.3) is 0 Å². The molecule has 3 aromatic rings. The summed E-state index contributed by atoms with van der Waals surface area (Å²) in [5, 5.41) is 10.7. The van der Waals surface area contributed by atoms with E-state index >= 15 is 0 Å². The van der Waals surface area contributed by atoms with Gasteiger partial charge in [0, 0.05) is 41.0 Å². The average molecular weight is 406 g/mol. The molecule has 156 valence electrons. The highest BCUT2D eigenvalue weighted by atomic mass is 16.5. The van der Waals surface area contributed by atoms with Crippen LogP contribution >= 0.6 is 0 Å². The van der Waals surface area contributed by atoms with Crippen LogP contribution in [0.3, 0.4) is 0 Å². The first-order valence-electron chi connectivity index (χ1n) is 10.1. The summed E-state index contributed by atoms with van der Waals surface area (Å²) in [6, 6.07) is 13.1. The predicted molar refractivity (Wildman–Crippen MR) is 118 cm³/mol. The molecule has 4 rings (SSSR count). The molecule has 7 heteroatoms. The minimum Gasteiger partial charge on any atom is -0.493 e. The minimum atomic E-state index is -0.312. The second kappa shape index (κ2) is 8.90. The van der Waals surface area contributed by atoms with Gasteiger partial charge in [0.05, 0.1) is 20.4 Å². The van der Waals surface area contributed by atoms with Crippen LogP contribution in [0.1, 0.15) is 24.8 Å². The first-order chi connectivity index (χ1) is 14.7. The van der Waals surface area contributed by atoms with Gasteiger partial charge in [-0.05, 0) is 37.5 Å². The fourth-order valence-electron chi connectivity index (χ4n) is 3.80. The number of carbonyl (C=O) groups excluding carboxylic acids is 1. The third-order valence-corrected chi connectivity index (χ3v) is 5.39. The standard InChI is InChI=1S/C23H26N4O3/c1-29-21-11-10-17(13-22(21)30-2)26-23(28)20-9-5-6-12-27(20)25-15-16-14-24-19-8-4-3-7-18(16)19/h3-4,7-8,10-11,13-15,20,24H,5-6,9,12H2,1-2H3,(H,26,28)/b25-15+. The van der Waals surface area contributed by atoms with Gasteiger partial charge in [-0.15, -0.1) is 0 Å². The molecule has 1 aromatic heterocycles. The molecular formula is C23H26N4O3. The van der Waals surface area contributed by atoms with E-state index in [1.54, 1.807) is 26.4 Å². The molecule has 1 atom stereocenters. The Bertz CT molecular complexity index is 1060. The molecule has 0 aliphatic carbocycles. The summed E-state index contributed by atoms with van der Waals surface area (Å²) in [7, 11) is 3.16. The summed E-state index contributed by atoms with van der Waals surface area (Å²) >= 11 is 0. The normalized spacial score (nSPS) is 16.7. The second-order valence-electron chi connectivity index (χ2n) is 7.27. The van der Waals surface area contributed by atoms with Crippen molar-refractivity contribution in [1.29, 1.82) is 0 Å². The lowest BCUT2D eigenvalue weighted by Gasteiger charge is -2.32. The van der Waals surface area contributed by atoms with Gasteiger partial charge in [0.2, 0.25) is 5.91 Å². The molecule has 1 amide bonds. The van der Waals surface area contributed by atoms with Gasteiger partial charge in [-0.2, -0.15) is 5.10 Å². The van der Waals surface area contributed by atoms with E-state index < -0.39 is 0 Å². The number of piperidine rings is 1. The largest absolute Gasteiger partial charge is 0.493 e. The topological polar surface area (TPSA) is 79.0 Å². The van der Waals surface area contributed by atoms with Crippen LogP contribution in [0.2, 0.25) is 0 Å². The van der Waals surface area contributed by atoms with Crippen molar-refractivity contribution in [2.45, 2.75) is 25.3 Å². The molecule has 0 spiro atoms.